The van der Waals surface area contributed by atoms with Gasteiger partial charge in [0.2, 0.25) is 35.4 Å². The highest BCUT2D eigenvalue weighted by Gasteiger charge is 2.30. The van der Waals surface area contributed by atoms with E-state index in [2.05, 4.69) is 41.9 Å². The third-order valence-corrected chi connectivity index (χ3v) is 10.7. The lowest BCUT2D eigenvalue weighted by Crippen LogP contribution is -2.55. The lowest BCUT2D eigenvalue weighted by atomic mass is 9.93. The van der Waals surface area contributed by atoms with E-state index in [4.69, 9.17) is 5.73 Å². The predicted molar refractivity (Wildman–Crippen MR) is 241 cm³/mol. The van der Waals surface area contributed by atoms with Gasteiger partial charge in [0.25, 0.3) is 0 Å². The van der Waals surface area contributed by atoms with Gasteiger partial charge in [0.15, 0.2) is 0 Å². The zero-order chi connectivity index (χ0) is 46.4. The highest BCUT2D eigenvalue weighted by atomic mass is 16.3. The third kappa shape index (κ3) is 16.4. The Labute approximate surface area is 373 Å². The number of nitrogens with two attached hydrogens (primary N) is 1. The Bertz CT molecular complexity index is 2140. The molecular formula is C47H61N9O8. The fourth-order valence-electron chi connectivity index (χ4n) is 7.19. The highest BCUT2D eigenvalue weighted by Crippen LogP contribution is 2.22. The number of hydrogen-bond acceptors (Lipinski definition) is 10. The van der Waals surface area contributed by atoms with Gasteiger partial charge in [-0.1, -0.05) is 87.4 Å². The highest BCUT2D eigenvalue weighted by molar-refractivity contribution is 5.93. The Kier molecular flexibility index (Phi) is 20.2. The summed E-state index contributed by atoms with van der Waals surface area (Å²) in [5.41, 5.74) is 10.2. The van der Waals surface area contributed by atoms with E-state index in [-0.39, 0.29) is 49.3 Å². The summed E-state index contributed by atoms with van der Waals surface area (Å²) in [5, 5.41) is 26.0. The zero-order valence-corrected chi connectivity index (χ0v) is 36.7. The quantitative estimate of drug-likeness (QED) is 0.0328. The minimum Gasteiger partial charge on any atom is -0.508 e. The normalized spacial score (nSPS) is 12.8. The van der Waals surface area contributed by atoms with E-state index >= 15 is 0 Å². The van der Waals surface area contributed by atoms with E-state index < -0.39 is 54.3 Å². The van der Waals surface area contributed by atoms with E-state index in [0.717, 1.165) is 16.7 Å². The number of imidazole rings is 1. The number of phenols is 1. The molecule has 17 nitrogen and oxygen atoms in total. The number of H-pyrrole nitrogens is 1. The van der Waals surface area contributed by atoms with Crippen LogP contribution in [-0.2, 0) is 59.4 Å². The second kappa shape index (κ2) is 25.9. The average Bonchev–Trinajstić information content (AvgIpc) is 3.81. The molecule has 10 N–H and O–H groups in total. The molecule has 0 saturated carbocycles. The molecule has 6 amide bonds. The molecule has 0 aliphatic carbocycles. The van der Waals surface area contributed by atoms with Crippen molar-refractivity contribution in [1.29, 1.82) is 0 Å². The Hall–Kier alpha value is -6.88. The molecule has 1 heterocycles. The number of nitrogens with one attached hydrogen (secondary N) is 7. The van der Waals surface area contributed by atoms with Crippen LogP contribution in [0.1, 0.15) is 75.3 Å². The molecular weight excluding hydrogens is 819 g/mol. The minimum atomic E-state index is -1.09. The molecule has 4 aromatic rings. The molecule has 0 bridgehead atoms. The first-order valence-electron chi connectivity index (χ1n) is 21.6. The number of rotatable bonds is 26. The van der Waals surface area contributed by atoms with Gasteiger partial charge in [0.1, 0.15) is 30.2 Å². The standard InChI is InChI=1S/C47H61N9O8/c1-4-34(5-2)44(53-30(3)58)47(64)56-40(11-6-7-20-48)45(62)51-25-32-12-16-35(17-13-32)36-10-8-9-33(21-36)23-42(60)50-27-43(61)55-41(24-37-26-49-29-52-37)46(63)54-38(28-57)22-31-14-18-39(59)19-15-31/h8-10,12-19,21,26,28-29,34,38,40-41,44,59H,4-7,11,20,22-25,27,48H2,1-3H3,(H,49,52)(H,50,60)(H,51,62)(H,53,58)(H,54,63)(H,55,61)(H,56,64). The van der Waals surface area contributed by atoms with Gasteiger partial charge in [-0.3, -0.25) is 28.8 Å². The first kappa shape index (κ1) is 49.8. The molecule has 4 atom stereocenters. The molecule has 4 unspecified atom stereocenters. The number of aldehydes is 1. The van der Waals surface area contributed by atoms with Crippen LogP contribution >= 0.6 is 0 Å². The molecule has 64 heavy (non-hydrogen) atoms. The van der Waals surface area contributed by atoms with Gasteiger partial charge < -0.3 is 52.5 Å². The van der Waals surface area contributed by atoms with Gasteiger partial charge in [0.05, 0.1) is 25.3 Å². The van der Waals surface area contributed by atoms with Crippen molar-refractivity contribution in [2.75, 3.05) is 13.1 Å². The van der Waals surface area contributed by atoms with Crippen LogP contribution in [0.3, 0.4) is 0 Å². The second-order valence-electron chi connectivity index (χ2n) is 15.7. The SMILES string of the molecule is CCC(CC)C(NC(C)=O)C(=O)NC(CCCCN)C(=O)NCc1ccc(-c2cccc(CC(=O)NCC(=O)NC(Cc3cnc[nH]3)C(=O)NC(C=O)Cc3ccc(O)cc3)c2)cc1. The number of nitrogens with zero attached hydrogens (tertiary/aromatic N) is 1. The first-order valence-corrected chi connectivity index (χ1v) is 21.6. The van der Waals surface area contributed by atoms with Crippen molar-refractivity contribution in [2.45, 2.75) is 103 Å². The minimum absolute atomic E-state index is 0.0202. The summed E-state index contributed by atoms with van der Waals surface area (Å²) < 4.78 is 0. The molecule has 1 aromatic heterocycles. The van der Waals surface area contributed by atoms with Crippen LogP contribution in [0.5, 0.6) is 5.75 Å². The smallest absolute Gasteiger partial charge is 0.243 e. The van der Waals surface area contributed by atoms with Crippen LogP contribution in [0.25, 0.3) is 11.1 Å². The Morgan fingerprint density at radius 3 is 2.11 bits per heavy atom. The van der Waals surface area contributed by atoms with E-state index in [1.165, 1.54) is 31.6 Å². The fraction of sp³-hybridized carbons (Fsp3) is 0.404. The van der Waals surface area contributed by atoms with Gasteiger partial charge in [-0.25, -0.2) is 4.98 Å². The number of amides is 6. The molecule has 4 rings (SSSR count). The zero-order valence-electron chi connectivity index (χ0n) is 36.7. The first-order chi connectivity index (χ1) is 30.8. The second-order valence-corrected chi connectivity index (χ2v) is 15.7. The van der Waals surface area contributed by atoms with Crippen molar-refractivity contribution in [1.82, 2.24) is 41.9 Å². The van der Waals surface area contributed by atoms with Crippen LogP contribution in [0.15, 0.2) is 85.3 Å². The summed E-state index contributed by atoms with van der Waals surface area (Å²) in [6.07, 6.45) is 6.85. The maximum absolute atomic E-state index is 13.4. The largest absolute Gasteiger partial charge is 0.508 e. The van der Waals surface area contributed by atoms with Gasteiger partial charge >= 0.3 is 0 Å². The average molecular weight is 880 g/mol. The lowest BCUT2D eigenvalue weighted by molar-refractivity contribution is -0.133. The molecule has 0 spiro atoms. The van der Waals surface area contributed by atoms with Gasteiger partial charge in [-0.15, -0.1) is 0 Å². The van der Waals surface area contributed by atoms with Crippen molar-refractivity contribution in [3.63, 3.8) is 0 Å². The number of unbranched alkanes of at least 4 members (excludes halogenated alkanes) is 1. The lowest BCUT2D eigenvalue weighted by Gasteiger charge is -2.27. The van der Waals surface area contributed by atoms with Crippen molar-refractivity contribution in [2.24, 2.45) is 11.7 Å². The summed E-state index contributed by atoms with van der Waals surface area (Å²) in [4.78, 5) is 96.7. The Morgan fingerprint density at radius 2 is 1.47 bits per heavy atom. The van der Waals surface area contributed by atoms with Crippen molar-refractivity contribution < 1.29 is 38.7 Å². The van der Waals surface area contributed by atoms with Crippen molar-refractivity contribution in [3.8, 4) is 16.9 Å². The van der Waals surface area contributed by atoms with Gasteiger partial charge in [-0.2, -0.15) is 0 Å². The summed E-state index contributed by atoms with van der Waals surface area (Å²) >= 11 is 0. The molecule has 0 aliphatic heterocycles. The summed E-state index contributed by atoms with van der Waals surface area (Å²) in [5.74, 6) is -2.69. The number of hydrogen-bond donors (Lipinski definition) is 9. The van der Waals surface area contributed by atoms with Crippen LogP contribution in [0, 0.1) is 5.92 Å². The predicted octanol–water partition coefficient (Wildman–Crippen LogP) is 2.27. The number of carbonyl (C=O) groups excluding carboxylic acids is 7. The van der Waals surface area contributed by atoms with Crippen LogP contribution < -0.4 is 37.6 Å². The number of aromatic nitrogens is 2. The summed E-state index contributed by atoms with van der Waals surface area (Å²) in [7, 11) is 0. The number of aromatic hydroxyl groups is 1. The fourth-order valence-corrected chi connectivity index (χ4v) is 7.19. The number of carbonyl (C=O) groups is 7. The molecule has 0 saturated heterocycles. The molecule has 342 valence electrons. The number of aromatic amines is 1. The Morgan fingerprint density at radius 1 is 0.750 bits per heavy atom. The van der Waals surface area contributed by atoms with E-state index in [0.29, 0.717) is 61.8 Å². The third-order valence-electron chi connectivity index (χ3n) is 10.7. The van der Waals surface area contributed by atoms with Crippen LogP contribution in [0.4, 0.5) is 0 Å². The van der Waals surface area contributed by atoms with Crippen molar-refractivity contribution in [3.05, 3.63) is 108 Å². The maximum atomic E-state index is 13.4. The number of phenolic OH excluding ortho intramolecular Hbond substituents is 1. The number of benzene rings is 3. The van der Waals surface area contributed by atoms with Gasteiger partial charge in [-0.05, 0) is 78.1 Å². The summed E-state index contributed by atoms with van der Waals surface area (Å²) in [6, 6.07) is 17.7. The van der Waals surface area contributed by atoms with E-state index in [1.54, 1.807) is 18.2 Å². The Balaban J connectivity index is 1.30. The van der Waals surface area contributed by atoms with E-state index in [9.17, 15) is 38.7 Å². The molecule has 0 aliphatic rings. The van der Waals surface area contributed by atoms with Crippen LogP contribution in [0.2, 0.25) is 0 Å². The molecule has 0 radical (unpaired) electrons. The monoisotopic (exact) mass is 879 g/mol. The summed E-state index contributed by atoms with van der Waals surface area (Å²) in [6.45, 7) is 5.56. The molecule has 17 heteroatoms. The van der Waals surface area contributed by atoms with Gasteiger partial charge in [0, 0.05) is 31.8 Å². The van der Waals surface area contributed by atoms with Crippen molar-refractivity contribution >= 4 is 41.7 Å². The topological polar surface area (TPSA) is 267 Å². The van der Waals surface area contributed by atoms with E-state index in [1.807, 2.05) is 56.3 Å². The molecule has 3 aromatic carbocycles. The molecule has 0 fully saturated rings. The maximum Gasteiger partial charge on any atom is 0.243 e. The van der Waals surface area contributed by atoms with Crippen LogP contribution in [-0.4, -0.2) is 94.1 Å².